The number of methoxy groups -OCH3 is 1. The lowest BCUT2D eigenvalue weighted by molar-refractivity contribution is -0.136. The Morgan fingerprint density at radius 3 is 2.68 bits per heavy atom. The van der Waals surface area contributed by atoms with Crippen LogP contribution < -0.4 is 9.47 Å². The first kappa shape index (κ1) is 21.7. The van der Waals surface area contributed by atoms with Crippen molar-refractivity contribution < 1.29 is 19.0 Å². The number of benzene rings is 2. The van der Waals surface area contributed by atoms with Gasteiger partial charge in [-0.25, -0.2) is 0 Å². The third-order valence-corrected chi connectivity index (χ3v) is 6.26. The van der Waals surface area contributed by atoms with Crippen LogP contribution in [0, 0.1) is 0 Å². The van der Waals surface area contributed by atoms with Crippen LogP contribution in [0.5, 0.6) is 11.5 Å². The molecule has 0 saturated carbocycles. The number of ether oxygens (including phenoxy) is 3. The topological polar surface area (TPSA) is 51.2 Å². The van der Waals surface area contributed by atoms with E-state index in [1.165, 1.54) is 5.56 Å². The zero-order valence-corrected chi connectivity index (χ0v) is 18.5. The number of likely N-dealkylation sites (tertiary alicyclic amines) is 1. The van der Waals surface area contributed by atoms with Gasteiger partial charge in [0.25, 0.3) is 5.91 Å². The van der Waals surface area contributed by atoms with Crippen LogP contribution >= 0.6 is 0 Å². The number of aryl methyl sites for hydroxylation is 1. The minimum absolute atomic E-state index is 0.00956. The fourth-order valence-corrected chi connectivity index (χ4v) is 4.42. The van der Waals surface area contributed by atoms with Gasteiger partial charge in [0.1, 0.15) is 11.5 Å². The second-order valence-corrected chi connectivity index (χ2v) is 8.38. The molecule has 31 heavy (non-hydrogen) atoms. The van der Waals surface area contributed by atoms with Crippen LogP contribution in [0.15, 0.2) is 48.5 Å². The number of para-hydroxylation sites is 1. The van der Waals surface area contributed by atoms with Crippen molar-refractivity contribution in [1.82, 2.24) is 9.80 Å². The average molecular weight is 425 g/mol. The molecule has 2 atom stereocenters. The number of likely N-dealkylation sites (N-methyl/N-ethyl adjacent to an activating group) is 1. The fourth-order valence-electron chi connectivity index (χ4n) is 4.42. The highest BCUT2D eigenvalue weighted by molar-refractivity contribution is 5.78. The van der Waals surface area contributed by atoms with E-state index >= 15 is 0 Å². The van der Waals surface area contributed by atoms with E-state index in [-0.39, 0.29) is 24.7 Å². The molecule has 166 valence electrons. The summed E-state index contributed by atoms with van der Waals surface area (Å²) in [6.07, 6.45) is 2.97. The van der Waals surface area contributed by atoms with Crippen molar-refractivity contribution in [2.24, 2.45) is 0 Å². The zero-order chi connectivity index (χ0) is 21.6. The van der Waals surface area contributed by atoms with Crippen LogP contribution in [0.3, 0.4) is 0 Å². The van der Waals surface area contributed by atoms with Crippen molar-refractivity contribution >= 4 is 5.91 Å². The molecule has 2 aromatic carbocycles. The van der Waals surface area contributed by atoms with Crippen LogP contribution in [0.2, 0.25) is 0 Å². The number of fused-ring (bicyclic) bond motifs is 2. The van der Waals surface area contributed by atoms with Gasteiger partial charge in [0.2, 0.25) is 0 Å². The molecule has 2 aliphatic rings. The van der Waals surface area contributed by atoms with Gasteiger partial charge in [-0.15, -0.1) is 0 Å². The van der Waals surface area contributed by atoms with Crippen LogP contribution in [0.4, 0.5) is 0 Å². The van der Waals surface area contributed by atoms with Crippen molar-refractivity contribution in [1.29, 1.82) is 0 Å². The molecule has 0 N–H and O–H groups in total. The van der Waals surface area contributed by atoms with Crippen LogP contribution in [0.25, 0.3) is 0 Å². The first-order valence-corrected chi connectivity index (χ1v) is 11.1. The molecule has 6 nitrogen and oxygen atoms in total. The summed E-state index contributed by atoms with van der Waals surface area (Å²) in [5, 5.41) is 0. The van der Waals surface area contributed by atoms with Crippen molar-refractivity contribution in [3.63, 3.8) is 0 Å². The number of hydrogen-bond donors (Lipinski definition) is 0. The summed E-state index contributed by atoms with van der Waals surface area (Å²) in [5.74, 6) is 1.66. The van der Waals surface area contributed by atoms with E-state index in [1.807, 2.05) is 42.3 Å². The summed E-state index contributed by atoms with van der Waals surface area (Å²) < 4.78 is 17.5. The summed E-state index contributed by atoms with van der Waals surface area (Å²) in [6, 6.07) is 16.2. The molecule has 1 fully saturated rings. The van der Waals surface area contributed by atoms with E-state index in [0.717, 1.165) is 56.0 Å². The maximum atomic E-state index is 12.9. The van der Waals surface area contributed by atoms with Crippen LogP contribution in [0.1, 0.15) is 24.0 Å². The minimum Gasteiger partial charge on any atom is -0.497 e. The maximum Gasteiger partial charge on any atom is 0.260 e. The molecule has 0 aliphatic carbocycles. The van der Waals surface area contributed by atoms with Gasteiger partial charge in [-0.05, 0) is 48.6 Å². The smallest absolute Gasteiger partial charge is 0.260 e. The lowest BCUT2D eigenvalue weighted by Crippen LogP contribution is -2.47. The molecule has 0 radical (unpaired) electrons. The third-order valence-electron chi connectivity index (χ3n) is 6.26. The summed E-state index contributed by atoms with van der Waals surface area (Å²) in [4.78, 5) is 17.1. The Morgan fingerprint density at radius 2 is 1.87 bits per heavy atom. The summed E-state index contributed by atoms with van der Waals surface area (Å²) in [7, 11) is 3.55. The third kappa shape index (κ3) is 5.38. The maximum absolute atomic E-state index is 12.9. The predicted molar refractivity (Wildman–Crippen MR) is 119 cm³/mol. The van der Waals surface area contributed by atoms with E-state index in [0.29, 0.717) is 6.61 Å². The standard InChI is InChI=1S/C25H32N2O4/c1-26-22-16-27(15-19-10-12-21(29-2)13-11-19)17-24(22)30-14-6-5-8-20-7-3-4-9-23(20)31-18-25(26)28/h3-4,7,9-13,22,24H,5-6,8,14-18H2,1-2H3/t22-,24+/m0/s1. The number of nitrogens with zero attached hydrogens (tertiary/aromatic N) is 2. The quantitative estimate of drug-likeness (QED) is 0.758. The summed E-state index contributed by atoms with van der Waals surface area (Å²) in [6.45, 7) is 3.19. The summed E-state index contributed by atoms with van der Waals surface area (Å²) >= 11 is 0. The van der Waals surface area contributed by atoms with E-state index in [4.69, 9.17) is 14.2 Å². The average Bonchev–Trinajstić information content (AvgIpc) is 3.19. The van der Waals surface area contributed by atoms with Crippen LogP contribution in [-0.4, -0.2) is 68.3 Å². The number of hydrogen-bond acceptors (Lipinski definition) is 5. The van der Waals surface area contributed by atoms with Gasteiger partial charge >= 0.3 is 0 Å². The number of carbonyl (C=O) groups is 1. The predicted octanol–water partition coefficient (Wildman–Crippen LogP) is 3.14. The molecule has 4 rings (SSSR count). The van der Waals surface area contributed by atoms with Gasteiger partial charge in [0, 0.05) is 33.3 Å². The molecule has 1 amide bonds. The molecule has 0 aromatic heterocycles. The second kappa shape index (κ2) is 10.2. The molecule has 0 bridgehead atoms. The van der Waals surface area contributed by atoms with Gasteiger partial charge < -0.3 is 19.1 Å². The van der Waals surface area contributed by atoms with Gasteiger partial charge in [-0.1, -0.05) is 30.3 Å². The fraction of sp³-hybridized carbons (Fsp3) is 0.480. The van der Waals surface area contributed by atoms with Crippen LogP contribution in [-0.2, 0) is 22.5 Å². The zero-order valence-electron chi connectivity index (χ0n) is 18.5. The summed E-state index contributed by atoms with van der Waals surface area (Å²) in [5.41, 5.74) is 2.38. The monoisotopic (exact) mass is 424 g/mol. The molecule has 0 unspecified atom stereocenters. The van der Waals surface area contributed by atoms with Gasteiger partial charge in [0.15, 0.2) is 6.61 Å². The molecular weight excluding hydrogens is 392 g/mol. The Labute approximate surface area is 184 Å². The van der Waals surface area contributed by atoms with Gasteiger partial charge in [-0.3, -0.25) is 9.69 Å². The van der Waals surface area contributed by atoms with Crippen molar-refractivity contribution in [3.8, 4) is 11.5 Å². The second-order valence-electron chi connectivity index (χ2n) is 8.38. The Hall–Kier alpha value is -2.57. The lowest BCUT2D eigenvalue weighted by Gasteiger charge is -2.29. The van der Waals surface area contributed by atoms with E-state index in [1.54, 1.807) is 7.11 Å². The van der Waals surface area contributed by atoms with E-state index in [2.05, 4.69) is 23.1 Å². The highest BCUT2D eigenvalue weighted by atomic mass is 16.5. The van der Waals surface area contributed by atoms with Crippen molar-refractivity contribution in [2.75, 3.05) is 40.5 Å². The van der Waals surface area contributed by atoms with Gasteiger partial charge in [-0.2, -0.15) is 0 Å². The Morgan fingerprint density at radius 1 is 1.06 bits per heavy atom. The van der Waals surface area contributed by atoms with Crippen molar-refractivity contribution in [3.05, 3.63) is 59.7 Å². The first-order chi connectivity index (χ1) is 15.1. The molecule has 0 spiro atoms. The minimum atomic E-state index is -0.0149. The number of amides is 1. The number of rotatable bonds is 3. The van der Waals surface area contributed by atoms with E-state index < -0.39 is 0 Å². The molecule has 6 heteroatoms. The molecular formula is C25H32N2O4. The Balaban J connectivity index is 1.44. The molecule has 2 aliphatic heterocycles. The molecule has 1 saturated heterocycles. The highest BCUT2D eigenvalue weighted by Crippen LogP contribution is 2.24. The Bertz CT molecular complexity index is 870. The normalized spacial score (nSPS) is 23.0. The number of carbonyl (C=O) groups excluding carboxylic acids is 1. The Kier molecular flexibility index (Phi) is 7.10. The van der Waals surface area contributed by atoms with Crippen molar-refractivity contribution in [2.45, 2.75) is 38.0 Å². The largest absolute Gasteiger partial charge is 0.497 e. The lowest BCUT2D eigenvalue weighted by atomic mass is 10.1. The SMILES string of the molecule is COc1ccc(CN2C[C@H]3OCCCCc4ccccc4OCC(=O)N(C)[C@H]3C2)cc1. The van der Waals surface area contributed by atoms with E-state index in [9.17, 15) is 4.79 Å². The molecule has 2 heterocycles. The first-order valence-electron chi connectivity index (χ1n) is 11.1. The van der Waals surface area contributed by atoms with Gasteiger partial charge in [0.05, 0.1) is 19.3 Å². The highest BCUT2D eigenvalue weighted by Gasteiger charge is 2.38. The molecule has 2 aromatic rings.